The number of H-pyrrole nitrogens is 1. The number of thiol groups is 1. The van der Waals surface area contributed by atoms with E-state index in [0.717, 1.165) is 29.0 Å². The molecule has 6 heteroatoms. The molecule has 1 aliphatic heterocycles. The van der Waals surface area contributed by atoms with Crippen LogP contribution in [0.4, 0.5) is 5.69 Å². The van der Waals surface area contributed by atoms with Crippen molar-refractivity contribution >= 4 is 35.3 Å². The number of benzene rings is 1. The van der Waals surface area contributed by atoms with Gasteiger partial charge in [-0.05, 0) is 29.9 Å². The third-order valence-corrected chi connectivity index (χ3v) is 3.59. The average molecular weight is 248 g/mol. The molecule has 0 saturated carbocycles. The lowest BCUT2D eigenvalue weighted by Crippen LogP contribution is -2.24. The molecule has 17 heavy (non-hydrogen) atoms. The van der Waals surface area contributed by atoms with Crippen LogP contribution in [0.3, 0.4) is 0 Å². The number of amides is 1. The number of rotatable bonds is 2. The maximum Gasteiger partial charge on any atom is 0.227 e. The zero-order valence-electron chi connectivity index (χ0n) is 9.13. The second-order valence-electron chi connectivity index (χ2n) is 4.25. The topological polar surface area (TPSA) is 61.9 Å². The highest BCUT2D eigenvalue weighted by molar-refractivity contribution is 7.80. The van der Waals surface area contributed by atoms with Crippen molar-refractivity contribution in [2.45, 2.75) is 6.42 Å². The van der Waals surface area contributed by atoms with Crippen LogP contribution in [0, 0.1) is 5.92 Å². The first-order valence-corrected chi connectivity index (χ1v) is 6.13. The molecular weight excluding hydrogens is 236 g/mol. The van der Waals surface area contributed by atoms with Crippen molar-refractivity contribution in [3.05, 3.63) is 18.2 Å². The summed E-state index contributed by atoms with van der Waals surface area (Å²) in [4.78, 5) is 13.7. The molecule has 1 aromatic heterocycles. The second-order valence-corrected chi connectivity index (χ2v) is 4.62. The fourth-order valence-electron chi connectivity index (χ4n) is 2.15. The van der Waals surface area contributed by atoms with Crippen molar-refractivity contribution in [1.29, 1.82) is 0 Å². The number of hydrogen-bond acceptors (Lipinski definition) is 4. The minimum atomic E-state index is 0.159. The van der Waals surface area contributed by atoms with E-state index in [1.165, 1.54) is 0 Å². The van der Waals surface area contributed by atoms with Crippen LogP contribution < -0.4 is 4.90 Å². The number of carbonyl (C=O) groups is 1. The minimum absolute atomic E-state index is 0.159. The zero-order chi connectivity index (χ0) is 11.8. The monoisotopic (exact) mass is 248 g/mol. The third-order valence-electron chi connectivity index (χ3n) is 3.07. The Morgan fingerprint density at radius 2 is 2.24 bits per heavy atom. The summed E-state index contributed by atoms with van der Waals surface area (Å²) in [5.74, 6) is 1.25. The van der Waals surface area contributed by atoms with Gasteiger partial charge in [-0.15, -0.1) is 0 Å². The average Bonchev–Trinajstić information content (AvgIpc) is 2.93. The van der Waals surface area contributed by atoms with Gasteiger partial charge in [0.05, 0.1) is 0 Å². The predicted octanol–water partition coefficient (Wildman–Crippen LogP) is 1.24. The van der Waals surface area contributed by atoms with Crippen molar-refractivity contribution in [3.63, 3.8) is 0 Å². The van der Waals surface area contributed by atoms with E-state index >= 15 is 0 Å². The summed E-state index contributed by atoms with van der Waals surface area (Å²) in [5.41, 5.74) is 2.48. The zero-order valence-corrected chi connectivity index (χ0v) is 10.0. The van der Waals surface area contributed by atoms with Crippen LogP contribution in [0.1, 0.15) is 6.42 Å². The standard InChI is InChI=1S/C11H12N4OS/c16-11-3-7(6-17)5-15(11)8-1-2-9-10(4-8)13-14-12-9/h1-2,4,7,17H,3,5-6H2,(H,12,13,14). The molecular formula is C11H12N4OS. The van der Waals surface area contributed by atoms with E-state index in [4.69, 9.17) is 0 Å². The molecule has 0 radical (unpaired) electrons. The molecule has 1 unspecified atom stereocenters. The maximum atomic E-state index is 11.9. The lowest BCUT2D eigenvalue weighted by Gasteiger charge is -2.16. The summed E-state index contributed by atoms with van der Waals surface area (Å²) < 4.78 is 0. The van der Waals surface area contributed by atoms with Crippen LogP contribution in [0.2, 0.25) is 0 Å². The van der Waals surface area contributed by atoms with Crippen LogP contribution in [0.15, 0.2) is 18.2 Å². The number of aromatic nitrogens is 3. The Hall–Kier alpha value is -1.56. The van der Waals surface area contributed by atoms with Crippen molar-refractivity contribution in [3.8, 4) is 0 Å². The number of carbonyl (C=O) groups excluding carboxylic acids is 1. The van der Waals surface area contributed by atoms with Crippen LogP contribution >= 0.6 is 12.6 Å². The van der Waals surface area contributed by atoms with Crippen LogP contribution in [-0.2, 0) is 4.79 Å². The Morgan fingerprint density at radius 3 is 3.00 bits per heavy atom. The molecule has 3 rings (SSSR count). The van der Waals surface area contributed by atoms with Gasteiger partial charge in [0.2, 0.25) is 5.91 Å². The molecule has 1 aromatic carbocycles. The first-order chi connectivity index (χ1) is 8.28. The fraction of sp³-hybridized carbons (Fsp3) is 0.364. The highest BCUT2D eigenvalue weighted by atomic mass is 32.1. The highest BCUT2D eigenvalue weighted by Crippen LogP contribution is 2.27. The summed E-state index contributed by atoms with van der Waals surface area (Å²) in [6, 6.07) is 5.66. The molecule has 88 valence electrons. The van der Waals surface area contributed by atoms with Gasteiger partial charge in [0.1, 0.15) is 11.0 Å². The Morgan fingerprint density at radius 1 is 1.41 bits per heavy atom. The number of hydrogen-bond donors (Lipinski definition) is 2. The van der Waals surface area contributed by atoms with Crippen LogP contribution in [-0.4, -0.2) is 33.6 Å². The quantitative estimate of drug-likeness (QED) is 0.786. The molecule has 1 amide bonds. The van der Waals surface area contributed by atoms with Crippen LogP contribution in [0.25, 0.3) is 11.0 Å². The van der Waals surface area contributed by atoms with E-state index in [2.05, 4.69) is 28.0 Å². The summed E-state index contributed by atoms with van der Waals surface area (Å²) in [7, 11) is 0. The number of nitrogens with one attached hydrogen (secondary N) is 1. The number of anilines is 1. The van der Waals surface area contributed by atoms with E-state index < -0.39 is 0 Å². The molecule has 2 aromatic rings. The van der Waals surface area contributed by atoms with E-state index in [1.54, 1.807) is 4.90 Å². The van der Waals surface area contributed by atoms with E-state index in [-0.39, 0.29) is 5.91 Å². The van der Waals surface area contributed by atoms with Gasteiger partial charge in [-0.2, -0.15) is 28.0 Å². The molecule has 1 fully saturated rings. The molecule has 5 nitrogen and oxygen atoms in total. The summed E-state index contributed by atoms with van der Waals surface area (Å²) in [6.07, 6.45) is 0.584. The molecule has 0 aliphatic carbocycles. The Kier molecular flexibility index (Phi) is 2.51. The van der Waals surface area contributed by atoms with Gasteiger partial charge in [0.25, 0.3) is 0 Å². The summed E-state index contributed by atoms with van der Waals surface area (Å²) >= 11 is 4.25. The van der Waals surface area contributed by atoms with E-state index in [1.807, 2.05) is 18.2 Å². The lowest BCUT2D eigenvalue weighted by molar-refractivity contribution is -0.117. The van der Waals surface area contributed by atoms with Crippen molar-refractivity contribution in [2.75, 3.05) is 17.2 Å². The normalized spacial score (nSPS) is 20.4. The number of nitrogens with zero attached hydrogens (tertiary/aromatic N) is 3. The molecule has 1 N–H and O–H groups in total. The predicted molar refractivity (Wildman–Crippen MR) is 68.2 cm³/mol. The van der Waals surface area contributed by atoms with E-state index in [9.17, 15) is 4.79 Å². The van der Waals surface area contributed by atoms with Gasteiger partial charge in [0, 0.05) is 18.7 Å². The molecule has 1 saturated heterocycles. The summed E-state index contributed by atoms with van der Waals surface area (Å²) in [6.45, 7) is 0.742. The molecule has 0 bridgehead atoms. The SMILES string of the molecule is O=C1CC(CS)CN1c1ccc2n[nH]nc2c1. The van der Waals surface area contributed by atoms with Crippen LogP contribution in [0.5, 0.6) is 0 Å². The Balaban J connectivity index is 1.95. The van der Waals surface area contributed by atoms with Crippen molar-refractivity contribution < 1.29 is 4.79 Å². The molecule has 2 heterocycles. The highest BCUT2D eigenvalue weighted by Gasteiger charge is 2.29. The van der Waals surface area contributed by atoms with Crippen molar-refractivity contribution in [2.24, 2.45) is 5.92 Å². The number of fused-ring (bicyclic) bond motifs is 1. The van der Waals surface area contributed by atoms with Gasteiger partial charge in [-0.25, -0.2) is 0 Å². The molecule has 1 atom stereocenters. The minimum Gasteiger partial charge on any atom is -0.312 e. The van der Waals surface area contributed by atoms with Gasteiger partial charge in [-0.3, -0.25) is 4.79 Å². The maximum absolute atomic E-state index is 11.9. The summed E-state index contributed by atoms with van der Waals surface area (Å²) in [5, 5.41) is 10.6. The largest absolute Gasteiger partial charge is 0.312 e. The van der Waals surface area contributed by atoms with Gasteiger partial charge in [0.15, 0.2) is 0 Å². The number of aromatic amines is 1. The molecule has 1 aliphatic rings. The Labute approximate surface area is 104 Å². The first-order valence-electron chi connectivity index (χ1n) is 5.49. The van der Waals surface area contributed by atoms with Gasteiger partial charge >= 0.3 is 0 Å². The lowest BCUT2D eigenvalue weighted by atomic mass is 10.1. The van der Waals surface area contributed by atoms with Gasteiger partial charge < -0.3 is 4.90 Å². The fourth-order valence-corrected chi connectivity index (χ4v) is 2.39. The van der Waals surface area contributed by atoms with Gasteiger partial charge in [-0.1, -0.05) is 0 Å². The third kappa shape index (κ3) is 1.78. The second kappa shape index (κ2) is 4.03. The van der Waals surface area contributed by atoms with Crippen molar-refractivity contribution in [1.82, 2.24) is 15.4 Å². The van der Waals surface area contributed by atoms with E-state index in [0.29, 0.717) is 12.3 Å². The Bertz CT molecular complexity index is 567. The smallest absolute Gasteiger partial charge is 0.227 e. The first kappa shape index (κ1) is 10.6. The molecule has 0 spiro atoms.